The van der Waals surface area contributed by atoms with Crippen LogP contribution in [-0.2, 0) is 0 Å². The van der Waals surface area contributed by atoms with E-state index in [1.54, 1.807) is 18.9 Å². The molecule has 0 amide bonds. The molecule has 4 rings (SSSR count). The number of rotatable bonds is 0. The van der Waals surface area contributed by atoms with E-state index in [1.165, 1.54) is 0 Å². The van der Waals surface area contributed by atoms with Gasteiger partial charge in [-0.15, -0.1) is 10.2 Å². The van der Waals surface area contributed by atoms with Gasteiger partial charge in [-0.05, 0) is 36.1 Å². The summed E-state index contributed by atoms with van der Waals surface area (Å²) in [5.41, 5.74) is 2.65. The Kier molecular flexibility index (Phi) is 9.61. The Morgan fingerprint density at radius 1 is 0.885 bits per heavy atom. The fraction of sp³-hybridized carbons (Fsp3) is 0.400. The first-order valence-electron chi connectivity index (χ1n) is 8.88. The van der Waals surface area contributed by atoms with Crippen molar-refractivity contribution in [2.75, 3.05) is 0 Å². The van der Waals surface area contributed by atoms with Crippen LogP contribution < -0.4 is 0 Å². The molecule has 6 nitrogen and oxygen atoms in total. The second kappa shape index (κ2) is 11.7. The first-order valence-corrected chi connectivity index (χ1v) is 8.88. The van der Waals surface area contributed by atoms with Crippen LogP contribution in [0.2, 0.25) is 0 Å². The summed E-state index contributed by atoms with van der Waals surface area (Å²) >= 11 is 0. The van der Waals surface area contributed by atoms with Gasteiger partial charge in [-0.2, -0.15) is 0 Å². The molecule has 1 N–H and O–H groups in total. The summed E-state index contributed by atoms with van der Waals surface area (Å²) in [7, 11) is 0. The number of nitrogens with zero attached hydrogens (tertiary/aromatic N) is 5. The van der Waals surface area contributed by atoms with Gasteiger partial charge in [-0.1, -0.05) is 47.6 Å². The molecule has 0 spiro atoms. The number of aromatic nitrogens is 6. The molecule has 0 unspecified atom stereocenters. The zero-order chi connectivity index (χ0) is 19.4. The number of pyridine rings is 2. The smallest absolute Gasteiger partial charge is 0.177 e. The van der Waals surface area contributed by atoms with Crippen molar-refractivity contribution in [2.45, 2.75) is 41.5 Å². The van der Waals surface area contributed by atoms with E-state index in [2.05, 4.69) is 66.7 Å². The third kappa shape index (κ3) is 8.92. The van der Waals surface area contributed by atoms with Gasteiger partial charge in [0.25, 0.3) is 0 Å². The van der Waals surface area contributed by atoms with Crippen molar-refractivity contribution in [1.82, 2.24) is 29.5 Å². The van der Waals surface area contributed by atoms with Crippen molar-refractivity contribution < 1.29 is 0 Å². The molecule has 0 aliphatic rings. The summed E-state index contributed by atoms with van der Waals surface area (Å²) in [6, 6.07) is 9.60. The summed E-state index contributed by atoms with van der Waals surface area (Å²) in [6.45, 7) is 13.0. The lowest BCUT2D eigenvalue weighted by molar-refractivity contribution is 0.736. The van der Waals surface area contributed by atoms with Crippen molar-refractivity contribution in [3.05, 3.63) is 55.4 Å². The number of aromatic amines is 1. The first kappa shape index (κ1) is 21.3. The summed E-state index contributed by atoms with van der Waals surface area (Å²) < 4.78 is 1.86. The Hall–Kier alpha value is -2.76. The van der Waals surface area contributed by atoms with Crippen molar-refractivity contribution >= 4 is 16.8 Å². The fourth-order valence-corrected chi connectivity index (χ4v) is 1.55. The predicted octanol–water partition coefficient (Wildman–Crippen LogP) is 5.01. The maximum absolute atomic E-state index is 4.00. The zero-order valence-corrected chi connectivity index (χ0v) is 16.6. The van der Waals surface area contributed by atoms with E-state index in [4.69, 9.17) is 0 Å². The van der Waals surface area contributed by atoms with Gasteiger partial charge < -0.3 is 4.98 Å². The van der Waals surface area contributed by atoms with E-state index < -0.39 is 0 Å². The minimum absolute atomic E-state index is 0.775. The predicted molar refractivity (Wildman–Crippen MR) is 108 cm³/mol. The standard InChI is InChI=1S/2C6H5N3.2C4H10/c1-2-5-6(7-3-1)9-4-8-5;1-2-4-9-5-7-8-6(9)3-1;2*1-4(2)3/h1-4H,(H,7,8,9);1-5H;2*4H,1-3H3. The average Bonchev–Trinajstić information content (AvgIpc) is 3.23. The van der Waals surface area contributed by atoms with Crippen LogP contribution >= 0.6 is 0 Å². The van der Waals surface area contributed by atoms with Gasteiger partial charge in [-0.25, -0.2) is 9.97 Å². The average molecular weight is 355 g/mol. The lowest BCUT2D eigenvalue weighted by atomic mass is 10.3. The summed E-state index contributed by atoms with van der Waals surface area (Å²) in [4.78, 5) is 10.9. The van der Waals surface area contributed by atoms with Crippen LogP contribution in [0.1, 0.15) is 41.5 Å². The SMILES string of the molecule is CC(C)C.CC(C)C.c1ccn2cnnc2c1.c1cnc2nc[nH]c2c1. The zero-order valence-electron chi connectivity index (χ0n) is 16.6. The maximum Gasteiger partial charge on any atom is 0.177 e. The monoisotopic (exact) mass is 354 g/mol. The van der Waals surface area contributed by atoms with Crippen LogP contribution in [-0.4, -0.2) is 29.5 Å². The third-order valence-electron chi connectivity index (χ3n) is 2.40. The van der Waals surface area contributed by atoms with E-state index >= 15 is 0 Å². The van der Waals surface area contributed by atoms with E-state index in [0.29, 0.717) is 0 Å². The van der Waals surface area contributed by atoms with Gasteiger partial charge >= 0.3 is 0 Å². The van der Waals surface area contributed by atoms with Crippen LogP contribution in [0.25, 0.3) is 16.8 Å². The fourth-order valence-electron chi connectivity index (χ4n) is 1.55. The second-order valence-electron chi connectivity index (χ2n) is 7.04. The Labute approximate surface area is 155 Å². The Morgan fingerprint density at radius 3 is 2.19 bits per heavy atom. The number of hydrogen-bond donors (Lipinski definition) is 1. The van der Waals surface area contributed by atoms with Crippen LogP contribution in [0, 0.1) is 11.8 Å². The van der Waals surface area contributed by atoms with Gasteiger partial charge in [0.05, 0.1) is 11.8 Å². The van der Waals surface area contributed by atoms with Gasteiger partial charge in [0.1, 0.15) is 6.33 Å². The number of nitrogens with one attached hydrogen (secondary N) is 1. The molecule has 4 aromatic heterocycles. The quantitative estimate of drug-likeness (QED) is 0.482. The van der Waals surface area contributed by atoms with E-state index in [-0.39, 0.29) is 0 Å². The molecule has 0 saturated carbocycles. The molecule has 0 aliphatic heterocycles. The van der Waals surface area contributed by atoms with Crippen LogP contribution in [0.5, 0.6) is 0 Å². The number of hydrogen-bond acceptors (Lipinski definition) is 4. The summed E-state index contributed by atoms with van der Waals surface area (Å²) in [5, 5.41) is 7.55. The molecule has 0 saturated heterocycles. The van der Waals surface area contributed by atoms with Gasteiger partial charge in [0.2, 0.25) is 0 Å². The van der Waals surface area contributed by atoms with Crippen molar-refractivity contribution in [1.29, 1.82) is 0 Å². The molecule has 0 aromatic carbocycles. The molecule has 0 bridgehead atoms. The van der Waals surface area contributed by atoms with Gasteiger partial charge in [-0.3, -0.25) is 4.40 Å². The molecule has 0 radical (unpaired) electrons. The van der Waals surface area contributed by atoms with Crippen molar-refractivity contribution in [3.8, 4) is 0 Å². The van der Waals surface area contributed by atoms with Crippen molar-refractivity contribution in [2.24, 2.45) is 11.8 Å². The number of imidazole rings is 1. The van der Waals surface area contributed by atoms with Crippen LogP contribution in [0.3, 0.4) is 0 Å². The second-order valence-corrected chi connectivity index (χ2v) is 7.04. The Bertz CT molecular complexity index is 709. The van der Waals surface area contributed by atoms with E-state index in [1.807, 2.05) is 40.9 Å². The maximum atomic E-state index is 4.00. The molecule has 4 heterocycles. The van der Waals surface area contributed by atoms with E-state index in [0.717, 1.165) is 28.6 Å². The molecule has 6 heteroatoms. The highest BCUT2D eigenvalue weighted by Gasteiger charge is 1.90. The molecule has 140 valence electrons. The molecule has 4 aromatic rings. The third-order valence-corrected chi connectivity index (χ3v) is 2.40. The van der Waals surface area contributed by atoms with Crippen molar-refractivity contribution in [3.63, 3.8) is 0 Å². The highest BCUT2D eigenvalue weighted by molar-refractivity contribution is 5.68. The van der Waals surface area contributed by atoms with Gasteiger partial charge in [0, 0.05) is 12.4 Å². The van der Waals surface area contributed by atoms with E-state index in [9.17, 15) is 0 Å². The largest absolute Gasteiger partial charge is 0.343 e. The lowest BCUT2D eigenvalue weighted by Gasteiger charge is -1.84. The molecule has 0 aliphatic carbocycles. The molecular formula is C20H30N6. The highest BCUT2D eigenvalue weighted by atomic mass is 15.2. The minimum atomic E-state index is 0.775. The normalized spacial score (nSPS) is 9.85. The lowest BCUT2D eigenvalue weighted by Crippen LogP contribution is -1.77. The number of fused-ring (bicyclic) bond motifs is 2. The number of H-pyrrole nitrogens is 1. The minimum Gasteiger partial charge on any atom is -0.343 e. The molecule has 0 atom stereocenters. The first-order chi connectivity index (χ1) is 12.4. The summed E-state index contributed by atoms with van der Waals surface area (Å²) in [6.07, 6.45) is 6.95. The highest BCUT2D eigenvalue weighted by Crippen LogP contribution is 2.01. The van der Waals surface area contributed by atoms with Crippen LogP contribution in [0.15, 0.2) is 55.4 Å². The molecule has 26 heavy (non-hydrogen) atoms. The Morgan fingerprint density at radius 2 is 1.58 bits per heavy atom. The summed E-state index contributed by atoms with van der Waals surface area (Å²) in [5.74, 6) is 1.67. The Balaban J connectivity index is 0.000000188. The molecule has 0 fully saturated rings. The van der Waals surface area contributed by atoms with Crippen LogP contribution in [0.4, 0.5) is 0 Å². The topological polar surface area (TPSA) is 71.8 Å². The van der Waals surface area contributed by atoms with Gasteiger partial charge in [0.15, 0.2) is 11.3 Å². The molecular weight excluding hydrogens is 324 g/mol.